The monoisotopic (exact) mass is 258 g/mol. The van der Waals surface area contributed by atoms with Crippen LogP contribution in [0.25, 0.3) is 0 Å². The zero-order valence-corrected chi connectivity index (χ0v) is 12.6. The van der Waals surface area contributed by atoms with Crippen molar-refractivity contribution < 1.29 is 4.79 Å². The van der Waals surface area contributed by atoms with Gasteiger partial charge in [-0.25, -0.2) is 0 Å². The minimum Gasteiger partial charge on any atom is -0.368 e. The van der Waals surface area contributed by atoms with Crippen LogP contribution in [0.2, 0.25) is 0 Å². The Morgan fingerprint density at radius 1 is 1.22 bits per heavy atom. The molecule has 0 radical (unpaired) electrons. The summed E-state index contributed by atoms with van der Waals surface area (Å²) < 4.78 is 0. The number of hydrogen-bond acceptors (Lipinski definition) is 4. The maximum Gasteiger partial charge on any atom is 0.238 e. The normalized spacial score (nSPS) is 15.1. The molecular formula is C13H30N4O. The topological polar surface area (TPSA) is 61.6 Å². The second-order valence-corrected chi connectivity index (χ2v) is 5.31. The van der Waals surface area contributed by atoms with E-state index in [0.717, 1.165) is 32.6 Å². The molecule has 0 aromatic heterocycles. The first-order chi connectivity index (χ1) is 8.35. The highest BCUT2D eigenvalue weighted by atomic mass is 16.1. The molecule has 1 amide bonds. The molecule has 0 aromatic rings. The summed E-state index contributed by atoms with van der Waals surface area (Å²) in [6.45, 7) is 10.4. The molecule has 3 N–H and O–H groups in total. The molecule has 5 nitrogen and oxygen atoms in total. The summed E-state index contributed by atoms with van der Waals surface area (Å²) in [7, 11) is 4.11. The van der Waals surface area contributed by atoms with Crippen LogP contribution in [0.5, 0.6) is 0 Å². The number of hydrogen-bond donors (Lipinski definition) is 2. The van der Waals surface area contributed by atoms with E-state index in [4.69, 9.17) is 5.73 Å². The fourth-order valence-corrected chi connectivity index (χ4v) is 1.99. The van der Waals surface area contributed by atoms with Gasteiger partial charge in [0.15, 0.2) is 0 Å². The number of nitrogens with one attached hydrogen (secondary N) is 1. The number of amides is 1. The molecule has 0 aromatic carbocycles. The number of carbonyl (C=O) groups is 1. The highest BCUT2D eigenvalue weighted by molar-refractivity contribution is 5.84. The third-order valence-corrected chi connectivity index (χ3v) is 3.05. The van der Waals surface area contributed by atoms with Crippen LogP contribution >= 0.6 is 0 Å². The average molecular weight is 258 g/mol. The number of primary amides is 1. The zero-order valence-electron chi connectivity index (χ0n) is 12.6. The van der Waals surface area contributed by atoms with E-state index in [0.29, 0.717) is 6.54 Å². The van der Waals surface area contributed by atoms with Gasteiger partial charge in [-0.15, -0.1) is 0 Å². The van der Waals surface area contributed by atoms with E-state index in [1.165, 1.54) is 0 Å². The van der Waals surface area contributed by atoms with Gasteiger partial charge in [-0.2, -0.15) is 0 Å². The minimum atomic E-state index is -0.643. The minimum absolute atomic E-state index is 0.282. The van der Waals surface area contributed by atoms with Crippen molar-refractivity contribution in [3.8, 4) is 0 Å². The summed E-state index contributed by atoms with van der Waals surface area (Å²) >= 11 is 0. The van der Waals surface area contributed by atoms with Crippen molar-refractivity contribution >= 4 is 5.91 Å². The SMILES string of the molecule is CCCN(CCN(C)C)CC(C)(NCC)C(N)=O. The number of nitrogens with zero attached hydrogens (tertiary/aromatic N) is 2. The van der Waals surface area contributed by atoms with Crippen LogP contribution in [0.3, 0.4) is 0 Å². The Hall–Kier alpha value is -0.650. The molecule has 0 aliphatic rings. The Morgan fingerprint density at radius 2 is 1.83 bits per heavy atom. The van der Waals surface area contributed by atoms with Crippen molar-refractivity contribution in [2.75, 3.05) is 46.8 Å². The van der Waals surface area contributed by atoms with Crippen LogP contribution in [0, 0.1) is 0 Å². The first-order valence-electron chi connectivity index (χ1n) is 6.77. The van der Waals surface area contributed by atoms with E-state index in [1.807, 2.05) is 13.8 Å². The fraction of sp³-hybridized carbons (Fsp3) is 0.923. The molecule has 1 atom stereocenters. The van der Waals surface area contributed by atoms with Crippen LogP contribution < -0.4 is 11.1 Å². The van der Waals surface area contributed by atoms with Crippen LogP contribution in [-0.4, -0.2) is 68.1 Å². The van der Waals surface area contributed by atoms with Gasteiger partial charge in [0.2, 0.25) is 5.91 Å². The van der Waals surface area contributed by atoms with Crippen LogP contribution in [-0.2, 0) is 4.79 Å². The Kier molecular flexibility index (Phi) is 8.15. The van der Waals surface area contributed by atoms with E-state index in [9.17, 15) is 4.79 Å². The summed E-state index contributed by atoms with van der Waals surface area (Å²) in [5.74, 6) is -0.282. The Balaban J connectivity index is 4.55. The van der Waals surface area contributed by atoms with Crippen molar-refractivity contribution in [3.05, 3.63) is 0 Å². The van der Waals surface area contributed by atoms with E-state index in [1.54, 1.807) is 0 Å². The smallest absolute Gasteiger partial charge is 0.238 e. The molecule has 0 spiro atoms. The van der Waals surface area contributed by atoms with Gasteiger partial charge >= 0.3 is 0 Å². The largest absolute Gasteiger partial charge is 0.368 e. The maximum absolute atomic E-state index is 11.6. The standard InChI is InChI=1S/C13H30N4O/c1-6-8-17(10-9-16(4)5)11-13(3,12(14)18)15-7-2/h15H,6-11H2,1-5H3,(H2,14,18). The molecular weight excluding hydrogens is 228 g/mol. The van der Waals surface area contributed by atoms with Gasteiger partial charge in [-0.1, -0.05) is 13.8 Å². The molecule has 0 saturated heterocycles. The quantitative estimate of drug-likeness (QED) is 0.584. The molecule has 0 heterocycles. The summed E-state index contributed by atoms with van der Waals surface area (Å²) in [6.07, 6.45) is 1.08. The molecule has 108 valence electrons. The second-order valence-electron chi connectivity index (χ2n) is 5.31. The maximum atomic E-state index is 11.6. The van der Waals surface area contributed by atoms with Crippen LogP contribution in [0.4, 0.5) is 0 Å². The summed E-state index contributed by atoms with van der Waals surface area (Å²) in [4.78, 5) is 16.1. The van der Waals surface area contributed by atoms with E-state index >= 15 is 0 Å². The lowest BCUT2D eigenvalue weighted by molar-refractivity contribution is -0.124. The predicted octanol–water partition coefficient (Wildman–Crippen LogP) is 0.114. The molecule has 0 aliphatic heterocycles. The van der Waals surface area contributed by atoms with Gasteiger partial charge < -0.3 is 16.0 Å². The van der Waals surface area contributed by atoms with Crippen LogP contribution in [0.1, 0.15) is 27.2 Å². The van der Waals surface area contributed by atoms with E-state index < -0.39 is 5.54 Å². The number of likely N-dealkylation sites (N-methyl/N-ethyl adjacent to an activating group) is 2. The van der Waals surface area contributed by atoms with Crippen molar-refractivity contribution in [1.82, 2.24) is 15.1 Å². The Labute approximate surface area is 112 Å². The first-order valence-corrected chi connectivity index (χ1v) is 6.77. The van der Waals surface area contributed by atoms with Crippen molar-refractivity contribution in [2.45, 2.75) is 32.7 Å². The summed E-state index contributed by atoms with van der Waals surface area (Å²) in [6, 6.07) is 0. The molecule has 0 rings (SSSR count). The lowest BCUT2D eigenvalue weighted by Crippen LogP contribution is -2.60. The molecule has 0 saturated carbocycles. The molecule has 5 heteroatoms. The third kappa shape index (κ3) is 6.33. The highest BCUT2D eigenvalue weighted by Gasteiger charge is 2.31. The predicted molar refractivity (Wildman–Crippen MR) is 76.6 cm³/mol. The van der Waals surface area contributed by atoms with Gasteiger partial charge in [0.25, 0.3) is 0 Å². The Bertz CT molecular complexity index is 245. The number of nitrogens with two attached hydrogens (primary N) is 1. The molecule has 0 fully saturated rings. The lowest BCUT2D eigenvalue weighted by atomic mass is 10.0. The summed E-state index contributed by atoms with van der Waals surface area (Å²) in [5, 5.41) is 3.21. The fourth-order valence-electron chi connectivity index (χ4n) is 1.99. The Morgan fingerprint density at radius 3 is 2.22 bits per heavy atom. The van der Waals surface area contributed by atoms with Gasteiger partial charge in [-0.3, -0.25) is 9.69 Å². The lowest BCUT2D eigenvalue weighted by Gasteiger charge is -2.34. The summed E-state index contributed by atoms with van der Waals surface area (Å²) in [5.41, 5.74) is 4.88. The molecule has 1 unspecified atom stereocenters. The average Bonchev–Trinajstić information content (AvgIpc) is 2.26. The number of carbonyl (C=O) groups excluding carboxylic acids is 1. The van der Waals surface area contributed by atoms with Crippen LogP contribution in [0.15, 0.2) is 0 Å². The first kappa shape index (κ1) is 17.4. The van der Waals surface area contributed by atoms with Gasteiger partial charge in [0, 0.05) is 19.6 Å². The van der Waals surface area contributed by atoms with E-state index in [-0.39, 0.29) is 5.91 Å². The highest BCUT2D eigenvalue weighted by Crippen LogP contribution is 2.07. The van der Waals surface area contributed by atoms with Gasteiger partial charge in [-0.05, 0) is 40.5 Å². The van der Waals surface area contributed by atoms with Crippen molar-refractivity contribution in [3.63, 3.8) is 0 Å². The molecule has 0 aliphatic carbocycles. The second kappa shape index (κ2) is 8.45. The molecule has 0 bridgehead atoms. The van der Waals surface area contributed by atoms with Crippen molar-refractivity contribution in [1.29, 1.82) is 0 Å². The van der Waals surface area contributed by atoms with E-state index in [2.05, 4.69) is 36.1 Å². The van der Waals surface area contributed by atoms with Crippen molar-refractivity contribution in [2.24, 2.45) is 5.73 Å². The number of rotatable bonds is 10. The van der Waals surface area contributed by atoms with Gasteiger partial charge in [0.1, 0.15) is 5.54 Å². The third-order valence-electron chi connectivity index (χ3n) is 3.05. The molecule has 18 heavy (non-hydrogen) atoms. The zero-order chi connectivity index (χ0) is 14.2. The van der Waals surface area contributed by atoms with Gasteiger partial charge in [0.05, 0.1) is 0 Å².